The van der Waals surface area contributed by atoms with Crippen LogP contribution in [0.5, 0.6) is 0 Å². The Labute approximate surface area is 177 Å². The molecule has 0 bridgehead atoms. The minimum Gasteiger partial charge on any atom is -0.444 e. The summed E-state index contributed by atoms with van der Waals surface area (Å²) in [5.74, 6) is 1.94. The van der Waals surface area contributed by atoms with E-state index in [0.29, 0.717) is 30.0 Å². The Kier molecular flexibility index (Phi) is 6.17. The fourth-order valence-electron chi connectivity index (χ4n) is 3.05. The molecular weight excluding hydrogens is 436 g/mol. The van der Waals surface area contributed by atoms with Crippen molar-refractivity contribution in [1.82, 2.24) is 9.88 Å². The summed E-state index contributed by atoms with van der Waals surface area (Å²) in [6.45, 7) is 0.672. The number of hydrogen-bond acceptors (Lipinski definition) is 4. The van der Waals surface area contributed by atoms with Gasteiger partial charge in [-0.2, -0.15) is 0 Å². The Hall–Kier alpha value is -2.05. The lowest BCUT2D eigenvalue weighted by atomic mass is 10.2. The van der Waals surface area contributed by atoms with E-state index >= 15 is 0 Å². The molecule has 1 amide bonds. The number of benzene rings is 2. The number of halogens is 1. The molecule has 1 aliphatic carbocycles. The summed E-state index contributed by atoms with van der Waals surface area (Å²) in [6, 6.07) is 18.4. The molecule has 0 unspecified atom stereocenters. The van der Waals surface area contributed by atoms with Crippen LogP contribution >= 0.6 is 27.7 Å². The number of carbonyl (C=O) groups is 1. The quantitative estimate of drug-likeness (QED) is 0.446. The van der Waals surface area contributed by atoms with Gasteiger partial charge in [-0.1, -0.05) is 46.3 Å². The van der Waals surface area contributed by atoms with Crippen molar-refractivity contribution < 1.29 is 9.21 Å². The Morgan fingerprint density at radius 2 is 2.00 bits per heavy atom. The Morgan fingerprint density at radius 1 is 1.18 bits per heavy atom. The molecule has 4 rings (SSSR count). The number of amides is 1. The first-order valence-corrected chi connectivity index (χ1v) is 11.3. The van der Waals surface area contributed by atoms with Crippen LogP contribution in [0.3, 0.4) is 0 Å². The van der Waals surface area contributed by atoms with Crippen molar-refractivity contribution in [3.8, 4) is 11.5 Å². The third-order valence-electron chi connectivity index (χ3n) is 4.60. The first kappa shape index (κ1) is 19.3. The second-order valence-electron chi connectivity index (χ2n) is 6.89. The van der Waals surface area contributed by atoms with Crippen molar-refractivity contribution >= 4 is 33.6 Å². The summed E-state index contributed by atoms with van der Waals surface area (Å²) in [7, 11) is 0. The third-order valence-corrected chi connectivity index (χ3v) is 6.04. The number of rotatable bonds is 8. The van der Waals surface area contributed by atoms with E-state index in [1.54, 1.807) is 18.0 Å². The maximum atomic E-state index is 12.8. The number of carbonyl (C=O) groups excluding carboxylic acids is 1. The van der Waals surface area contributed by atoms with Gasteiger partial charge >= 0.3 is 0 Å². The number of oxazole rings is 1. The molecule has 6 heteroatoms. The van der Waals surface area contributed by atoms with Crippen molar-refractivity contribution in [2.24, 2.45) is 0 Å². The van der Waals surface area contributed by atoms with Crippen LogP contribution in [0.4, 0.5) is 0 Å². The van der Waals surface area contributed by atoms with Gasteiger partial charge < -0.3 is 9.32 Å². The van der Waals surface area contributed by atoms with E-state index in [9.17, 15) is 4.79 Å². The molecule has 1 heterocycles. The number of nitrogens with zero attached hydrogens (tertiary/aromatic N) is 2. The van der Waals surface area contributed by atoms with E-state index in [1.807, 2.05) is 47.4 Å². The lowest BCUT2D eigenvalue weighted by Gasteiger charge is -2.22. The third kappa shape index (κ3) is 5.06. The molecule has 144 valence electrons. The van der Waals surface area contributed by atoms with Gasteiger partial charge in [0.15, 0.2) is 0 Å². The predicted octanol–water partition coefficient (Wildman–Crippen LogP) is 5.53. The van der Waals surface area contributed by atoms with E-state index in [-0.39, 0.29) is 5.91 Å². The molecule has 0 N–H and O–H groups in total. The van der Waals surface area contributed by atoms with Gasteiger partial charge in [0.2, 0.25) is 11.8 Å². The highest BCUT2D eigenvalue weighted by atomic mass is 79.9. The molecule has 1 aromatic heterocycles. The summed E-state index contributed by atoms with van der Waals surface area (Å²) in [6.07, 6.45) is 3.89. The normalized spacial score (nSPS) is 13.5. The summed E-state index contributed by atoms with van der Waals surface area (Å²) in [5.41, 5.74) is 2.98. The van der Waals surface area contributed by atoms with Crippen molar-refractivity contribution in [3.63, 3.8) is 0 Å². The highest BCUT2D eigenvalue weighted by Gasteiger charge is 2.32. The van der Waals surface area contributed by atoms with E-state index in [4.69, 9.17) is 4.42 Å². The van der Waals surface area contributed by atoms with Crippen LogP contribution in [0.2, 0.25) is 0 Å². The van der Waals surface area contributed by atoms with Crippen LogP contribution in [-0.4, -0.2) is 27.6 Å². The summed E-state index contributed by atoms with van der Waals surface area (Å²) in [4.78, 5) is 19.3. The maximum Gasteiger partial charge on any atom is 0.233 e. The minimum absolute atomic E-state index is 0.194. The topological polar surface area (TPSA) is 46.3 Å². The molecule has 1 fully saturated rings. The average Bonchev–Trinajstić information content (AvgIpc) is 3.44. The minimum atomic E-state index is 0.194. The first-order chi connectivity index (χ1) is 13.7. The molecule has 28 heavy (non-hydrogen) atoms. The molecule has 1 aliphatic rings. The Morgan fingerprint density at radius 3 is 2.75 bits per heavy atom. The molecule has 1 saturated carbocycles. The molecule has 0 saturated heterocycles. The molecule has 3 aromatic rings. The molecule has 2 aromatic carbocycles. The zero-order valence-corrected chi connectivity index (χ0v) is 17.8. The maximum absolute atomic E-state index is 12.8. The van der Waals surface area contributed by atoms with Crippen molar-refractivity contribution in [1.29, 1.82) is 0 Å². The zero-order valence-electron chi connectivity index (χ0n) is 15.4. The second-order valence-corrected chi connectivity index (χ2v) is 8.79. The van der Waals surface area contributed by atoms with Crippen LogP contribution in [0, 0.1) is 0 Å². The van der Waals surface area contributed by atoms with Crippen LogP contribution in [0.15, 0.2) is 69.8 Å². The molecule has 0 atom stereocenters. The monoisotopic (exact) mass is 456 g/mol. The predicted molar refractivity (Wildman–Crippen MR) is 116 cm³/mol. The fourth-order valence-corrected chi connectivity index (χ4v) is 4.28. The van der Waals surface area contributed by atoms with Gasteiger partial charge in [0.05, 0.1) is 11.4 Å². The molecule has 0 aliphatic heterocycles. The van der Waals surface area contributed by atoms with Crippen LogP contribution < -0.4 is 0 Å². The largest absolute Gasteiger partial charge is 0.444 e. The van der Waals surface area contributed by atoms with Gasteiger partial charge in [0.1, 0.15) is 6.26 Å². The Balaban J connectivity index is 1.31. The fraction of sp³-hybridized carbons (Fsp3) is 0.273. The standard InChI is InChI=1S/C22H21BrN2O2S/c23-18-8-4-5-16(11-18)12-25(20-9-10-20)21(26)15-28-14-19-13-27-22(24-19)17-6-2-1-3-7-17/h1-8,11,13,20H,9-10,12,14-15H2. The number of thioether (sulfide) groups is 1. The van der Waals surface area contributed by atoms with E-state index < -0.39 is 0 Å². The molecule has 4 nitrogen and oxygen atoms in total. The highest BCUT2D eigenvalue weighted by Crippen LogP contribution is 2.30. The van der Waals surface area contributed by atoms with Gasteiger partial charge in [0, 0.05) is 28.4 Å². The summed E-state index contributed by atoms with van der Waals surface area (Å²) in [5, 5.41) is 0. The average molecular weight is 457 g/mol. The zero-order chi connectivity index (χ0) is 19.3. The van der Waals surface area contributed by atoms with Gasteiger partial charge in [-0.15, -0.1) is 11.8 Å². The van der Waals surface area contributed by atoms with Gasteiger partial charge in [-0.25, -0.2) is 4.98 Å². The van der Waals surface area contributed by atoms with Crippen molar-refractivity contribution in [3.05, 3.63) is 76.6 Å². The number of aromatic nitrogens is 1. The first-order valence-electron chi connectivity index (χ1n) is 9.30. The smallest absolute Gasteiger partial charge is 0.233 e. The SMILES string of the molecule is O=C(CSCc1coc(-c2ccccc2)n1)N(Cc1cccc(Br)c1)C1CC1. The Bertz CT molecular complexity index is 940. The van der Waals surface area contributed by atoms with Gasteiger partial charge in [-0.05, 0) is 42.7 Å². The lowest BCUT2D eigenvalue weighted by Crippen LogP contribution is -2.34. The molecular formula is C22H21BrN2O2S. The van der Waals surface area contributed by atoms with Crippen LogP contribution in [0.25, 0.3) is 11.5 Å². The van der Waals surface area contributed by atoms with Crippen LogP contribution in [0.1, 0.15) is 24.1 Å². The molecule has 0 spiro atoms. The van der Waals surface area contributed by atoms with Crippen molar-refractivity contribution in [2.45, 2.75) is 31.2 Å². The number of hydrogen-bond donors (Lipinski definition) is 0. The summed E-state index contributed by atoms with van der Waals surface area (Å²) < 4.78 is 6.61. The summed E-state index contributed by atoms with van der Waals surface area (Å²) >= 11 is 5.09. The van der Waals surface area contributed by atoms with Crippen molar-refractivity contribution in [2.75, 3.05) is 5.75 Å². The van der Waals surface area contributed by atoms with Gasteiger partial charge in [0.25, 0.3) is 0 Å². The van der Waals surface area contributed by atoms with E-state index in [1.165, 1.54) is 0 Å². The molecule has 0 radical (unpaired) electrons. The second kappa shape index (κ2) is 8.97. The van der Waals surface area contributed by atoms with Crippen LogP contribution in [-0.2, 0) is 17.1 Å². The van der Waals surface area contributed by atoms with E-state index in [2.05, 4.69) is 33.0 Å². The highest BCUT2D eigenvalue weighted by molar-refractivity contribution is 9.10. The van der Waals surface area contributed by atoms with E-state index in [0.717, 1.165) is 34.1 Å². The lowest BCUT2D eigenvalue weighted by molar-refractivity contribution is -0.129. The van der Waals surface area contributed by atoms with Gasteiger partial charge in [-0.3, -0.25) is 4.79 Å².